The Morgan fingerprint density at radius 2 is 2.00 bits per heavy atom. The Hall–Kier alpha value is -0.620. The molecular weight excluding hydrogens is 328 g/mol. The number of halogens is 2. The number of pyridine rings is 1. The van der Waals surface area contributed by atoms with E-state index in [4.69, 9.17) is 4.74 Å². The fourth-order valence-electron chi connectivity index (χ4n) is 0.813. The van der Waals surface area contributed by atoms with Crippen LogP contribution in [-0.2, 0) is 7.05 Å². The lowest BCUT2D eigenvalue weighted by Gasteiger charge is -2.09. The molecule has 0 aliphatic carbocycles. The molecule has 0 spiro atoms. The summed E-state index contributed by atoms with van der Waals surface area (Å²) in [6.45, 7) is 0. The standard InChI is InChI=1S/C9H13N2O2.2BrH/c1-10(2)9(12)13-8-5-4-6-11(3)7-8;;/h4-7H,1-3H3;2*1H/q+1;;/p-2. The maximum Gasteiger partial charge on any atom is 0.414 e. The third-order valence-electron chi connectivity index (χ3n) is 1.48. The zero-order valence-electron chi connectivity index (χ0n) is 8.78. The molecule has 1 heterocycles. The Balaban J connectivity index is 0. The molecule has 0 aromatic carbocycles. The van der Waals surface area contributed by atoms with Gasteiger partial charge in [0.15, 0.2) is 11.9 Å². The number of hydrogen-bond donors (Lipinski definition) is 0. The van der Waals surface area contributed by atoms with Gasteiger partial charge in [-0.1, -0.05) is 0 Å². The molecule has 1 aromatic heterocycles. The summed E-state index contributed by atoms with van der Waals surface area (Å²) in [4.78, 5) is 12.5. The quantitative estimate of drug-likeness (QED) is 0.478. The third kappa shape index (κ3) is 5.74. The van der Waals surface area contributed by atoms with Crippen molar-refractivity contribution in [1.82, 2.24) is 4.90 Å². The van der Waals surface area contributed by atoms with Gasteiger partial charge in [-0.15, -0.1) is 0 Å². The van der Waals surface area contributed by atoms with Crippen molar-refractivity contribution in [3.05, 3.63) is 24.5 Å². The maximum atomic E-state index is 11.1. The van der Waals surface area contributed by atoms with Crippen molar-refractivity contribution < 1.29 is 48.1 Å². The van der Waals surface area contributed by atoms with Crippen molar-refractivity contribution in [3.63, 3.8) is 0 Å². The molecule has 4 nitrogen and oxygen atoms in total. The van der Waals surface area contributed by atoms with Crippen LogP contribution in [0.15, 0.2) is 24.5 Å². The zero-order chi connectivity index (χ0) is 9.84. The van der Waals surface area contributed by atoms with Crippen LogP contribution in [0.2, 0.25) is 0 Å². The van der Waals surface area contributed by atoms with E-state index < -0.39 is 0 Å². The van der Waals surface area contributed by atoms with Gasteiger partial charge in [0.05, 0.1) is 0 Å². The van der Waals surface area contributed by atoms with Gasteiger partial charge < -0.3 is 43.6 Å². The minimum atomic E-state index is -0.369. The molecule has 0 fully saturated rings. The fraction of sp³-hybridized carbons (Fsp3) is 0.333. The maximum absolute atomic E-state index is 11.1. The molecule has 1 rings (SSSR count). The smallest absolute Gasteiger partial charge is 0.414 e. The molecule has 0 saturated heterocycles. The van der Waals surface area contributed by atoms with Crippen molar-refractivity contribution in [2.45, 2.75) is 0 Å². The minimum Gasteiger partial charge on any atom is -1.00 e. The van der Waals surface area contributed by atoms with Crippen molar-refractivity contribution in [1.29, 1.82) is 0 Å². The van der Waals surface area contributed by atoms with Gasteiger partial charge in [-0.3, -0.25) is 0 Å². The molecule has 1 aromatic rings. The molecule has 0 N–H and O–H groups in total. The lowest BCUT2D eigenvalue weighted by molar-refractivity contribution is -0.671. The minimum absolute atomic E-state index is 0. The van der Waals surface area contributed by atoms with E-state index in [2.05, 4.69) is 0 Å². The summed E-state index contributed by atoms with van der Waals surface area (Å²) in [5.41, 5.74) is 0. The second kappa shape index (κ2) is 7.64. The van der Waals surface area contributed by atoms with Gasteiger partial charge in [0.2, 0.25) is 6.20 Å². The van der Waals surface area contributed by atoms with E-state index in [0.717, 1.165) is 0 Å². The molecule has 0 unspecified atom stereocenters. The fourth-order valence-corrected chi connectivity index (χ4v) is 0.813. The Labute approximate surface area is 110 Å². The predicted octanol–water partition coefficient (Wildman–Crippen LogP) is -5.42. The van der Waals surface area contributed by atoms with Gasteiger partial charge in [0.25, 0.3) is 0 Å². The lowest BCUT2D eigenvalue weighted by atomic mass is 10.4. The highest BCUT2D eigenvalue weighted by Gasteiger charge is 2.08. The number of amides is 1. The van der Waals surface area contributed by atoms with Crippen LogP contribution in [0.5, 0.6) is 5.75 Å². The molecule has 1 amide bonds. The second-order valence-corrected chi connectivity index (χ2v) is 2.97. The summed E-state index contributed by atoms with van der Waals surface area (Å²) < 4.78 is 6.84. The zero-order valence-corrected chi connectivity index (χ0v) is 11.9. The molecule has 0 atom stereocenters. The first-order chi connectivity index (χ1) is 6.09. The molecule has 0 radical (unpaired) electrons. The number of hydrogen-bond acceptors (Lipinski definition) is 2. The van der Waals surface area contributed by atoms with Crippen molar-refractivity contribution in [2.24, 2.45) is 7.05 Å². The van der Waals surface area contributed by atoms with Crippen molar-refractivity contribution >= 4 is 6.09 Å². The first-order valence-corrected chi connectivity index (χ1v) is 3.94. The molecular formula is C9H13Br2N2O2-. The normalized spacial score (nSPS) is 8.20. The summed E-state index contributed by atoms with van der Waals surface area (Å²) >= 11 is 0. The average Bonchev–Trinajstić information content (AvgIpc) is 2.04. The largest absolute Gasteiger partial charge is 1.00 e. The van der Waals surface area contributed by atoms with E-state index in [0.29, 0.717) is 5.75 Å². The Morgan fingerprint density at radius 3 is 2.47 bits per heavy atom. The van der Waals surface area contributed by atoms with E-state index in [9.17, 15) is 4.79 Å². The molecule has 0 aliphatic rings. The highest BCUT2D eigenvalue weighted by atomic mass is 79.9. The third-order valence-corrected chi connectivity index (χ3v) is 1.48. The van der Waals surface area contributed by atoms with Gasteiger partial charge in [-0.05, 0) is 6.07 Å². The van der Waals surface area contributed by atoms with Crippen LogP contribution in [0.3, 0.4) is 0 Å². The molecule has 86 valence electrons. The number of nitrogens with zero attached hydrogens (tertiary/aromatic N) is 2. The summed E-state index contributed by atoms with van der Waals surface area (Å²) in [6.07, 6.45) is 3.24. The molecule has 0 saturated carbocycles. The molecule has 0 bridgehead atoms. The van der Waals surface area contributed by atoms with Crippen LogP contribution in [0.25, 0.3) is 0 Å². The van der Waals surface area contributed by atoms with Crippen LogP contribution < -0.4 is 43.3 Å². The Kier molecular flexibility index (Phi) is 8.56. The Morgan fingerprint density at radius 1 is 1.40 bits per heavy atom. The van der Waals surface area contributed by atoms with Crippen molar-refractivity contribution in [2.75, 3.05) is 14.1 Å². The summed E-state index contributed by atoms with van der Waals surface area (Å²) in [6, 6.07) is 3.56. The SMILES string of the molecule is CN(C)C(=O)Oc1ccc[n+](C)c1.[Br-].[Br-]. The van der Waals surface area contributed by atoms with E-state index in [1.165, 1.54) is 4.90 Å². The lowest BCUT2D eigenvalue weighted by Crippen LogP contribution is -3.00. The predicted molar refractivity (Wildman–Crippen MR) is 47.3 cm³/mol. The summed E-state index contributed by atoms with van der Waals surface area (Å²) in [5, 5.41) is 0. The van der Waals surface area contributed by atoms with Crippen LogP contribution in [0, 0.1) is 0 Å². The monoisotopic (exact) mass is 339 g/mol. The first kappa shape index (κ1) is 16.8. The van der Waals surface area contributed by atoms with Gasteiger partial charge in [0.1, 0.15) is 7.05 Å². The van der Waals surface area contributed by atoms with Gasteiger partial charge >= 0.3 is 6.09 Å². The summed E-state index contributed by atoms with van der Waals surface area (Å²) in [7, 11) is 5.16. The summed E-state index contributed by atoms with van der Waals surface area (Å²) in [5.74, 6) is 0.545. The number of carbonyl (C=O) groups excluding carboxylic acids is 1. The van der Waals surface area contributed by atoms with Crippen LogP contribution in [-0.4, -0.2) is 25.1 Å². The number of carbonyl (C=O) groups is 1. The van der Waals surface area contributed by atoms with Gasteiger partial charge in [-0.25, -0.2) is 9.36 Å². The van der Waals surface area contributed by atoms with Gasteiger partial charge in [0, 0.05) is 20.2 Å². The van der Waals surface area contributed by atoms with Crippen LogP contribution >= 0.6 is 0 Å². The van der Waals surface area contributed by atoms with Crippen molar-refractivity contribution in [3.8, 4) is 5.75 Å². The first-order valence-electron chi connectivity index (χ1n) is 3.94. The Bertz CT molecular complexity index is 319. The van der Waals surface area contributed by atoms with Gasteiger partial charge in [-0.2, -0.15) is 0 Å². The number of aromatic nitrogens is 1. The molecule has 0 aliphatic heterocycles. The van der Waals surface area contributed by atoms with Crippen LogP contribution in [0.1, 0.15) is 0 Å². The number of ether oxygens (including phenoxy) is 1. The highest BCUT2D eigenvalue weighted by Crippen LogP contribution is 2.05. The van der Waals surface area contributed by atoms with E-state index in [1.807, 2.05) is 23.9 Å². The molecule has 15 heavy (non-hydrogen) atoms. The van der Waals surface area contributed by atoms with Crippen LogP contribution in [0.4, 0.5) is 4.79 Å². The van der Waals surface area contributed by atoms with E-state index in [1.54, 1.807) is 26.4 Å². The second-order valence-electron chi connectivity index (χ2n) is 2.97. The number of rotatable bonds is 1. The average molecular weight is 341 g/mol. The number of aryl methyl sites for hydroxylation is 1. The highest BCUT2D eigenvalue weighted by molar-refractivity contribution is 5.69. The van der Waals surface area contributed by atoms with E-state index >= 15 is 0 Å². The topological polar surface area (TPSA) is 33.4 Å². The molecule has 6 heteroatoms. The van der Waals surface area contributed by atoms with E-state index in [-0.39, 0.29) is 40.1 Å².